The minimum absolute atomic E-state index is 0.673. The van der Waals surface area contributed by atoms with Gasteiger partial charge in [-0.15, -0.1) is 0 Å². The van der Waals surface area contributed by atoms with Crippen LogP contribution >= 0.6 is 0 Å². The molecular formula is C18H32N4O2. The van der Waals surface area contributed by atoms with Crippen molar-refractivity contribution in [2.75, 3.05) is 47.4 Å². The van der Waals surface area contributed by atoms with Crippen LogP contribution in [0.25, 0.3) is 0 Å². The molecule has 0 aliphatic carbocycles. The Hall–Kier alpha value is -1.95. The summed E-state index contributed by atoms with van der Waals surface area (Å²) in [5.74, 6) is 2.27. The second-order valence-electron chi connectivity index (χ2n) is 5.48. The van der Waals surface area contributed by atoms with Crippen molar-refractivity contribution in [3.8, 4) is 11.5 Å². The van der Waals surface area contributed by atoms with Gasteiger partial charge < -0.3 is 25.0 Å². The van der Waals surface area contributed by atoms with Crippen molar-refractivity contribution in [1.82, 2.24) is 15.5 Å². The van der Waals surface area contributed by atoms with Crippen LogP contribution in [0.3, 0.4) is 0 Å². The first-order valence-corrected chi connectivity index (χ1v) is 8.56. The number of ether oxygens (including phenoxy) is 2. The van der Waals surface area contributed by atoms with Gasteiger partial charge in [0, 0.05) is 26.7 Å². The summed E-state index contributed by atoms with van der Waals surface area (Å²) >= 11 is 0. The topological polar surface area (TPSA) is 58.1 Å². The molecule has 0 saturated heterocycles. The van der Waals surface area contributed by atoms with Gasteiger partial charge in [-0.3, -0.25) is 4.99 Å². The van der Waals surface area contributed by atoms with Crippen LogP contribution in [0, 0.1) is 0 Å². The van der Waals surface area contributed by atoms with Gasteiger partial charge in [0.1, 0.15) is 0 Å². The molecule has 0 aromatic heterocycles. The maximum atomic E-state index is 5.33. The van der Waals surface area contributed by atoms with Gasteiger partial charge in [-0.1, -0.05) is 19.9 Å². The maximum absolute atomic E-state index is 5.33. The molecule has 0 heterocycles. The SMILES string of the molecule is CCCN(CC)CCNC(=NC)NCc1ccc(OC)c(OC)c1. The number of hydrogen-bond acceptors (Lipinski definition) is 4. The highest BCUT2D eigenvalue weighted by atomic mass is 16.5. The van der Waals surface area contributed by atoms with E-state index in [0.717, 1.165) is 49.2 Å². The number of methoxy groups -OCH3 is 2. The van der Waals surface area contributed by atoms with E-state index >= 15 is 0 Å². The van der Waals surface area contributed by atoms with Gasteiger partial charge in [0.25, 0.3) is 0 Å². The number of nitrogens with one attached hydrogen (secondary N) is 2. The van der Waals surface area contributed by atoms with Crippen molar-refractivity contribution in [3.05, 3.63) is 23.8 Å². The zero-order valence-corrected chi connectivity index (χ0v) is 15.7. The first-order chi connectivity index (χ1) is 11.7. The molecule has 0 amide bonds. The Kier molecular flexibility index (Phi) is 9.68. The van der Waals surface area contributed by atoms with E-state index in [1.165, 1.54) is 6.42 Å². The fourth-order valence-electron chi connectivity index (χ4n) is 2.47. The summed E-state index contributed by atoms with van der Waals surface area (Å²) in [6, 6.07) is 5.90. The fraction of sp³-hybridized carbons (Fsp3) is 0.611. The number of guanidine groups is 1. The zero-order valence-electron chi connectivity index (χ0n) is 15.7. The fourth-order valence-corrected chi connectivity index (χ4v) is 2.47. The molecule has 1 aromatic rings. The molecule has 6 nitrogen and oxygen atoms in total. The van der Waals surface area contributed by atoms with Gasteiger partial charge in [0.05, 0.1) is 14.2 Å². The zero-order chi connectivity index (χ0) is 17.8. The number of rotatable bonds is 10. The predicted molar refractivity (Wildman–Crippen MR) is 100 cm³/mol. The molecule has 0 bridgehead atoms. The average molecular weight is 336 g/mol. The highest BCUT2D eigenvalue weighted by molar-refractivity contribution is 5.79. The molecule has 6 heteroatoms. The van der Waals surface area contributed by atoms with Gasteiger partial charge in [-0.2, -0.15) is 0 Å². The van der Waals surface area contributed by atoms with E-state index in [0.29, 0.717) is 6.54 Å². The summed E-state index contributed by atoms with van der Waals surface area (Å²) < 4.78 is 10.6. The molecule has 2 N–H and O–H groups in total. The molecule has 136 valence electrons. The standard InChI is InChI=1S/C18H32N4O2/c1-6-11-22(7-2)12-10-20-18(19-3)21-14-15-8-9-16(23-4)17(13-15)24-5/h8-9,13H,6-7,10-12,14H2,1-5H3,(H2,19,20,21). The predicted octanol–water partition coefficient (Wildman–Crippen LogP) is 2.10. The van der Waals surface area contributed by atoms with Crippen LogP contribution in [0.1, 0.15) is 25.8 Å². The molecule has 0 aliphatic heterocycles. The first-order valence-electron chi connectivity index (χ1n) is 8.56. The van der Waals surface area contributed by atoms with Gasteiger partial charge in [-0.05, 0) is 37.2 Å². The van der Waals surface area contributed by atoms with E-state index in [4.69, 9.17) is 9.47 Å². The Morgan fingerprint density at radius 3 is 2.42 bits per heavy atom. The molecular weight excluding hydrogens is 304 g/mol. The molecule has 0 fully saturated rings. The smallest absolute Gasteiger partial charge is 0.191 e. The van der Waals surface area contributed by atoms with Crippen LogP contribution in [0.15, 0.2) is 23.2 Å². The summed E-state index contributed by atoms with van der Waals surface area (Å²) in [6.45, 7) is 9.18. The minimum Gasteiger partial charge on any atom is -0.493 e. The highest BCUT2D eigenvalue weighted by Crippen LogP contribution is 2.27. The lowest BCUT2D eigenvalue weighted by Crippen LogP contribution is -2.41. The number of nitrogens with zero attached hydrogens (tertiary/aromatic N) is 2. The van der Waals surface area contributed by atoms with Crippen LogP contribution in [0.4, 0.5) is 0 Å². The number of aliphatic imine (C=N–C) groups is 1. The molecule has 0 spiro atoms. The van der Waals surface area contributed by atoms with E-state index < -0.39 is 0 Å². The molecule has 24 heavy (non-hydrogen) atoms. The van der Waals surface area contributed by atoms with Crippen LogP contribution < -0.4 is 20.1 Å². The summed E-state index contributed by atoms with van der Waals surface area (Å²) in [5.41, 5.74) is 1.11. The Balaban J connectivity index is 2.46. The Morgan fingerprint density at radius 2 is 1.83 bits per heavy atom. The molecule has 0 unspecified atom stereocenters. The Labute approximate surface area is 146 Å². The van der Waals surface area contributed by atoms with E-state index in [2.05, 4.69) is 34.4 Å². The van der Waals surface area contributed by atoms with E-state index in [1.54, 1.807) is 21.3 Å². The molecule has 1 aromatic carbocycles. The summed E-state index contributed by atoms with van der Waals surface area (Å²) in [6.07, 6.45) is 1.18. The lowest BCUT2D eigenvalue weighted by Gasteiger charge is -2.20. The van der Waals surface area contributed by atoms with E-state index in [-0.39, 0.29) is 0 Å². The average Bonchev–Trinajstić information content (AvgIpc) is 2.63. The van der Waals surface area contributed by atoms with Gasteiger partial charge in [0.2, 0.25) is 0 Å². The normalized spacial score (nSPS) is 11.5. The van der Waals surface area contributed by atoms with Crippen molar-refractivity contribution in [1.29, 1.82) is 0 Å². The highest BCUT2D eigenvalue weighted by Gasteiger charge is 2.06. The quantitative estimate of drug-likeness (QED) is 0.506. The van der Waals surface area contributed by atoms with Crippen LogP contribution in [0.2, 0.25) is 0 Å². The Morgan fingerprint density at radius 1 is 1.08 bits per heavy atom. The lowest BCUT2D eigenvalue weighted by atomic mass is 10.2. The third kappa shape index (κ3) is 6.66. The maximum Gasteiger partial charge on any atom is 0.191 e. The molecule has 0 saturated carbocycles. The molecule has 0 radical (unpaired) electrons. The van der Waals surface area contributed by atoms with Crippen LogP contribution in [-0.2, 0) is 6.54 Å². The monoisotopic (exact) mass is 336 g/mol. The first kappa shape index (κ1) is 20.1. The van der Waals surface area contributed by atoms with E-state index in [1.807, 2.05) is 18.2 Å². The second kappa shape index (κ2) is 11.6. The van der Waals surface area contributed by atoms with E-state index in [9.17, 15) is 0 Å². The molecule has 0 aliphatic rings. The van der Waals surface area contributed by atoms with Crippen LogP contribution in [0.5, 0.6) is 11.5 Å². The van der Waals surface area contributed by atoms with Crippen LogP contribution in [-0.4, -0.2) is 58.3 Å². The van der Waals surface area contributed by atoms with Crippen molar-refractivity contribution in [3.63, 3.8) is 0 Å². The van der Waals surface area contributed by atoms with Crippen molar-refractivity contribution >= 4 is 5.96 Å². The van der Waals surface area contributed by atoms with Crippen molar-refractivity contribution in [2.24, 2.45) is 4.99 Å². The summed E-state index contributed by atoms with van der Waals surface area (Å²) in [7, 11) is 5.07. The third-order valence-electron chi connectivity index (χ3n) is 3.84. The molecule has 0 atom stereocenters. The summed E-state index contributed by atoms with van der Waals surface area (Å²) in [5, 5.41) is 6.68. The molecule has 1 rings (SSSR count). The second-order valence-corrected chi connectivity index (χ2v) is 5.48. The van der Waals surface area contributed by atoms with Crippen molar-refractivity contribution < 1.29 is 9.47 Å². The minimum atomic E-state index is 0.673. The van der Waals surface area contributed by atoms with Gasteiger partial charge in [0.15, 0.2) is 17.5 Å². The third-order valence-corrected chi connectivity index (χ3v) is 3.84. The largest absolute Gasteiger partial charge is 0.493 e. The Bertz CT molecular complexity index is 506. The number of hydrogen-bond donors (Lipinski definition) is 2. The van der Waals surface area contributed by atoms with Crippen molar-refractivity contribution in [2.45, 2.75) is 26.8 Å². The number of benzene rings is 1. The van der Waals surface area contributed by atoms with Gasteiger partial charge in [-0.25, -0.2) is 0 Å². The van der Waals surface area contributed by atoms with Gasteiger partial charge >= 0.3 is 0 Å². The summed E-state index contributed by atoms with van der Waals surface area (Å²) in [4.78, 5) is 6.69. The lowest BCUT2D eigenvalue weighted by molar-refractivity contribution is 0.293. The number of likely N-dealkylation sites (N-methyl/N-ethyl adjacent to an activating group) is 1.